The average molecular weight is 303 g/mol. The Balaban J connectivity index is 1.85. The van der Waals surface area contributed by atoms with Crippen molar-refractivity contribution in [1.82, 2.24) is 9.38 Å². The number of ether oxygens (including phenoxy) is 1. The Hall–Kier alpha value is -2.53. The van der Waals surface area contributed by atoms with E-state index >= 15 is 0 Å². The molecule has 2 aromatic heterocycles. The third-order valence-corrected chi connectivity index (χ3v) is 3.29. The molecule has 6 heteroatoms. The summed E-state index contributed by atoms with van der Waals surface area (Å²) in [6.45, 7) is 0.169. The maximum absolute atomic E-state index is 11.2. The number of aromatic nitrogens is 2. The van der Waals surface area contributed by atoms with Crippen LogP contribution in [0.2, 0.25) is 5.02 Å². The summed E-state index contributed by atoms with van der Waals surface area (Å²) in [7, 11) is 0. The van der Waals surface area contributed by atoms with E-state index in [1.807, 2.05) is 35.0 Å². The molecule has 0 saturated carbocycles. The van der Waals surface area contributed by atoms with Crippen LogP contribution in [0.4, 0.5) is 0 Å². The maximum atomic E-state index is 11.2. The molecule has 0 radical (unpaired) electrons. The molecular weight excluding hydrogens is 292 g/mol. The molecular formula is C15H11ClN2O3. The van der Waals surface area contributed by atoms with Gasteiger partial charge in [0.05, 0.1) is 10.7 Å². The van der Waals surface area contributed by atoms with Gasteiger partial charge in [0, 0.05) is 12.4 Å². The minimum atomic E-state index is -1.12. The summed E-state index contributed by atoms with van der Waals surface area (Å²) < 4.78 is 7.42. The number of halogens is 1. The van der Waals surface area contributed by atoms with Crippen molar-refractivity contribution in [3.05, 3.63) is 65.1 Å². The zero-order valence-corrected chi connectivity index (χ0v) is 11.6. The molecule has 0 saturated heterocycles. The molecule has 0 unspecified atom stereocenters. The van der Waals surface area contributed by atoms with Gasteiger partial charge in [-0.15, -0.1) is 0 Å². The molecule has 0 bridgehead atoms. The van der Waals surface area contributed by atoms with Gasteiger partial charge in [-0.2, -0.15) is 0 Å². The molecule has 0 spiro atoms. The zero-order valence-electron chi connectivity index (χ0n) is 10.9. The molecule has 0 atom stereocenters. The van der Waals surface area contributed by atoms with Gasteiger partial charge in [0.15, 0.2) is 0 Å². The Morgan fingerprint density at radius 1 is 1.29 bits per heavy atom. The summed E-state index contributed by atoms with van der Waals surface area (Å²) in [4.78, 5) is 15.6. The van der Waals surface area contributed by atoms with Gasteiger partial charge in [-0.05, 0) is 24.3 Å². The number of hydrogen-bond donors (Lipinski definition) is 1. The molecule has 0 amide bonds. The van der Waals surface area contributed by atoms with E-state index in [1.165, 1.54) is 6.07 Å². The first-order valence-corrected chi connectivity index (χ1v) is 6.60. The first-order valence-electron chi connectivity index (χ1n) is 6.22. The fraction of sp³-hybridized carbons (Fsp3) is 0.0667. The van der Waals surface area contributed by atoms with Crippen LogP contribution in [0, 0.1) is 0 Å². The molecule has 0 aliphatic carbocycles. The van der Waals surface area contributed by atoms with Gasteiger partial charge < -0.3 is 14.2 Å². The molecule has 1 aromatic carbocycles. The number of fused-ring (bicyclic) bond motifs is 1. The van der Waals surface area contributed by atoms with Crippen molar-refractivity contribution in [1.29, 1.82) is 0 Å². The molecule has 5 nitrogen and oxygen atoms in total. The van der Waals surface area contributed by atoms with E-state index in [1.54, 1.807) is 12.1 Å². The second-order valence-electron chi connectivity index (χ2n) is 4.41. The summed E-state index contributed by atoms with van der Waals surface area (Å²) >= 11 is 5.89. The van der Waals surface area contributed by atoms with Crippen LogP contribution in [0.15, 0.2) is 48.8 Å². The number of pyridine rings is 1. The van der Waals surface area contributed by atoms with Gasteiger partial charge in [0.25, 0.3) is 0 Å². The first kappa shape index (κ1) is 13.5. The summed E-state index contributed by atoms with van der Waals surface area (Å²) in [5.74, 6) is -0.891. The Bertz CT molecular complexity index is 781. The van der Waals surface area contributed by atoms with Crippen molar-refractivity contribution >= 4 is 23.2 Å². The van der Waals surface area contributed by atoms with Crippen LogP contribution in [-0.4, -0.2) is 20.5 Å². The van der Waals surface area contributed by atoms with E-state index in [9.17, 15) is 9.90 Å². The Morgan fingerprint density at radius 2 is 2.14 bits per heavy atom. The van der Waals surface area contributed by atoms with Crippen LogP contribution >= 0.6 is 11.6 Å². The van der Waals surface area contributed by atoms with Crippen LogP contribution in [0.5, 0.6) is 5.75 Å². The number of imidazole rings is 1. The summed E-state index contributed by atoms with van der Waals surface area (Å²) in [5.41, 5.74) is 1.47. The van der Waals surface area contributed by atoms with Crippen molar-refractivity contribution in [3.63, 3.8) is 0 Å². The zero-order chi connectivity index (χ0) is 14.8. The number of rotatable bonds is 4. The number of benzene rings is 1. The number of aromatic carboxylic acids is 1. The maximum Gasteiger partial charge on any atom is 0.341 e. The third-order valence-electron chi connectivity index (χ3n) is 2.98. The summed E-state index contributed by atoms with van der Waals surface area (Å²) in [5, 5.41) is 9.32. The van der Waals surface area contributed by atoms with E-state index in [0.29, 0.717) is 5.69 Å². The molecule has 21 heavy (non-hydrogen) atoms. The predicted molar refractivity (Wildman–Crippen MR) is 77.9 cm³/mol. The second-order valence-corrected chi connectivity index (χ2v) is 4.81. The molecule has 0 aliphatic heterocycles. The van der Waals surface area contributed by atoms with Crippen LogP contribution in [-0.2, 0) is 6.61 Å². The SMILES string of the molecule is O=C(O)c1c(Cl)cccc1OCc1cn2ccccc2n1. The molecule has 0 fully saturated rings. The summed E-state index contributed by atoms with van der Waals surface area (Å²) in [6.07, 6.45) is 3.72. The van der Waals surface area contributed by atoms with Crippen LogP contribution in [0.1, 0.15) is 16.1 Å². The smallest absolute Gasteiger partial charge is 0.341 e. The molecule has 0 aliphatic rings. The fourth-order valence-electron chi connectivity index (χ4n) is 2.04. The molecule has 106 valence electrons. The molecule has 1 N–H and O–H groups in total. The average Bonchev–Trinajstić information content (AvgIpc) is 2.87. The van der Waals surface area contributed by atoms with Crippen LogP contribution < -0.4 is 4.74 Å². The van der Waals surface area contributed by atoms with Gasteiger partial charge in [0.1, 0.15) is 23.6 Å². The third kappa shape index (κ3) is 2.68. The first-order chi connectivity index (χ1) is 10.1. The highest BCUT2D eigenvalue weighted by Crippen LogP contribution is 2.27. The number of carbonyl (C=O) groups is 1. The summed E-state index contributed by atoms with van der Waals surface area (Å²) in [6, 6.07) is 10.4. The largest absolute Gasteiger partial charge is 0.486 e. The highest BCUT2D eigenvalue weighted by molar-refractivity contribution is 6.33. The van der Waals surface area contributed by atoms with E-state index in [-0.39, 0.29) is 22.9 Å². The second kappa shape index (κ2) is 5.46. The molecule has 3 rings (SSSR count). The van der Waals surface area contributed by atoms with Crippen molar-refractivity contribution in [2.24, 2.45) is 0 Å². The normalized spacial score (nSPS) is 10.7. The van der Waals surface area contributed by atoms with Gasteiger partial charge in [0.2, 0.25) is 0 Å². The van der Waals surface area contributed by atoms with Gasteiger partial charge >= 0.3 is 5.97 Å². The number of carboxylic acids is 1. The van der Waals surface area contributed by atoms with E-state index in [4.69, 9.17) is 16.3 Å². The quantitative estimate of drug-likeness (QED) is 0.803. The Morgan fingerprint density at radius 3 is 2.90 bits per heavy atom. The van der Waals surface area contributed by atoms with Crippen LogP contribution in [0.3, 0.4) is 0 Å². The number of carboxylic acid groups (broad SMARTS) is 1. The fourth-order valence-corrected chi connectivity index (χ4v) is 2.29. The Kier molecular flexibility index (Phi) is 3.50. The number of hydrogen-bond acceptors (Lipinski definition) is 3. The standard InChI is InChI=1S/C15H11ClN2O3/c16-11-4-3-5-12(14(11)15(19)20)21-9-10-8-18-7-2-1-6-13(18)17-10/h1-8H,9H2,(H,19,20). The monoisotopic (exact) mass is 302 g/mol. The highest BCUT2D eigenvalue weighted by Gasteiger charge is 2.15. The van der Waals surface area contributed by atoms with Crippen molar-refractivity contribution in [2.75, 3.05) is 0 Å². The van der Waals surface area contributed by atoms with Gasteiger partial charge in [-0.1, -0.05) is 23.7 Å². The lowest BCUT2D eigenvalue weighted by atomic mass is 10.2. The van der Waals surface area contributed by atoms with Crippen molar-refractivity contribution < 1.29 is 14.6 Å². The molecule has 3 aromatic rings. The van der Waals surface area contributed by atoms with Crippen molar-refractivity contribution in [3.8, 4) is 5.75 Å². The lowest BCUT2D eigenvalue weighted by Gasteiger charge is -2.08. The minimum Gasteiger partial charge on any atom is -0.486 e. The predicted octanol–water partition coefficient (Wildman–Crippen LogP) is 3.26. The van der Waals surface area contributed by atoms with Crippen molar-refractivity contribution in [2.45, 2.75) is 6.61 Å². The number of nitrogens with zero attached hydrogens (tertiary/aromatic N) is 2. The van der Waals surface area contributed by atoms with Gasteiger partial charge in [-0.3, -0.25) is 0 Å². The van der Waals surface area contributed by atoms with E-state index < -0.39 is 5.97 Å². The lowest BCUT2D eigenvalue weighted by Crippen LogP contribution is -2.04. The topological polar surface area (TPSA) is 63.8 Å². The lowest BCUT2D eigenvalue weighted by molar-refractivity contribution is 0.0692. The van der Waals surface area contributed by atoms with E-state index in [0.717, 1.165) is 5.65 Å². The minimum absolute atomic E-state index is 0.0390. The highest BCUT2D eigenvalue weighted by atomic mass is 35.5. The van der Waals surface area contributed by atoms with Crippen LogP contribution in [0.25, 0.3) is 5.65 Å². The van der Waals surface area contributed by atoms with E-state index in [2.05, 4.69) is 4.98 Å². The van der Waals surface area contributed by atoms with Gasteiger partial charge in [-0.25, -0.2) is 9.78 Å². The molecule has 2 heterocycles. The Labute approximate surface area is 125 Å².